The number of rotatable bonds is 4. The second-order valence-electron chi connectivity index (χ2n) is 4.92. The number of halogens is 1. The van der Waals surface area contributed by atoms with Crippen LogP contribution in [0.15, 0.2) is 29.2 Å². The fourth-order valence-electron chi connectivity index (χ4n) is 2.26. The summed E-state index contributed by atoms with van der Waals surface area (Å²) in [6.07, 6.45) is 1.70. The van der Waals surface area contributed by atoms with Gasteiger partial charge >= 0.3 is 137 Å². The van der Waals surface area contributed by atoms with Crippen molar-refractivity contribution in [2.24, 2.45) is 0 Å². The zero-order valence-electron chi connectivity index (χ0n) is 11.9. The third-order valence-electron chi connectivity index (χ3n) is 3.33. The second kappa shape index (κ2) is 6.50. The van der Waals surface area contributed by atoms with Crippen LogP contribution in [-0.2, 0) is 4.79 Å². The van der Waals surface area contributed by atoms with E-state index in [-0.39, 0.29) is 39.5 Å². The standard InChI is InChI=1S/C16H13FN2O3Se/c17-10-1-2-14-12(6-10)13(16(22)19-14)7-11-5-9(8-23-11)15(21)18-3-4-20/h1-2,5-8,20H,3-4H2,(H,18,21)(H,19,22). The SMILES string of the molecule is O=C1Nc2ccc(F)cc2C1=Cc1cc(C(=O)NCCO)c[se]1. The first kappa shape index (κ1) is 15.7. The van der Waals surface area contributed by atoms with Gasteiger partial charge in [-0.25, -0.2) is 0 Å². The molecule has 0 unspecified atom stereocenters. The van der Waals surface area contributed by atoms with Crippen LogP contribution in [0, 0.1) is 5.82 Å². The molecule has 0 spiro atoms. The van der Waals surface area contributed by atoms with Gasteiger partial charge in [-0.3, -0.25) is 0 Å². The van der Waals surface area contributed by atoms with Gasteiger partial charge in [0.2, 0.25) is 0 Å². The summed E-state index contributed by atoms with van der Waals surface area (Å²) in [5, 5.41) is 14.0. The third-order valence-corrected chi connectivity index (χ3v) is 5.18. The van der Waals surface area contributed by atoms with Crippen molar-refractivity contribution in [1.82, 2.24) is 5.32 Å². The molecule has 2 amide bonds. The maximum absolute atomic E-state index is 13.4. The van der Waals surface area contributed by atoms with E-state index in [9.17, 15) is 14.0 Å². The predicted octanol–water partition coefficient (Wildman–Crippen LogP) is 1.10. The van der Waals surface area contributed by atoms with Crippen LogP contribution in [0.5, 0.6) is 0 Å². The normalized spacial score (nSPS) is 14.7. The van der Waals surface area contributed by atoms with Gasteiger partial charge in [-0.2, -0.15) is 0 Å². The van der Waals surface area contributed by atoms with Gasteiger partial charge in [0.05, 0.1) is 0 Å². The first-order valence-electron chi connectivity index (χ1n) is 6.89. The van der Waals surface area contributed by atoms with E-state index in [1.165, 1.54) is 18.2 Å². The van der Waals surface area contributed by atoms with Crippen molar-refractivity contribution in [2.75, 3.05) is 18.5 Å². The molecule has 1 aromatic carbocycles. The number of hydrogen-bond donors (Lipinski definition) is 3. The van der Waals surface area contributed by atoms with Crippen LogP contribution in [0.2, 0.25) is 0 Å². The van der Waals surface area contributed by atoms with Gasteiger partial charge in [0, 0.05) is 0 Å². The summed E-state index contributed by atoms with van der Waals surface area (Å²) >= 11 is -0.0742. The van der Waals surface area contributed by atoms with Gasteiger partial charge in [-0.05, 0) is 0 Å². The van der Waals surface area contributed by atoms with Crippen LogP contribution in [0.4, 0.5) is 10.1 Å². The minimum atomic E-state index is -0.403. The molecule has 0 aliphatic carbocycles. The Morgan fingerprint density at radius 3 is 3.00 bits per heavy atom. The summed E-state index contributed by atoms with van der Waals surface area (Å²) in [5.74, 6) is -0.934. The molecule has 1 aliphatic heterocycles. The Morgan fingerprint density at radius 1 is 1.39 bits per heavy atom. The fraction of sp³-hybridized carbons (Fsp3) is 0.125. The Morgan fingerprint density at radius 2 is 2.22 bits per heavy atom. The van der Waals surface area contributed by atoms with E-state index < -0.39 is 5.82 Å². The molecular formula is C16H13FN2O3Se. The number of amides is 2. The Hall–Kier alpha value is -2.21. The van der Waals surface area contributed by atoms with Gasteiger partial charge in [0.25, 0.3) is 0 Å². The topological polar surface area (TPSA) is 78.4 Å². The van der Waals surface area contributed by atoms with E-state index in [4.69, 9.17) is 5.11 Å². The van der Waals surface area contributed by atoms with Crippen molar-refractivity contribution in [2.45, 2.75) is 0 Å². The van der Waals surface area contributed by atoms with Crippen molar-refractivity contribution >= 4 is 43.7 Å². The first-order valence-corrected chi connectivity index (χ1v) is 8.73. The third kappa shape index (κ3) is 3.27. The Bertz CT molecular complexity index is 813. The Balaban J connectivity index is 1.88. The summed E-state index contributed by atoms with van der Waals surface area (Å²) < 4.78 is 14.3. The van der Waals surface area contributed by atoms with Crippen LogP contribution in [0.25, 0.3) is 11.6 Å². The zero-order valence-corrected chi connectivity index (χ0v) is 13.6. The van der Waals surface area contributed by atoms with E-state index in [1.807, 2.05) is 4.94 Å². The van der Waals surface area contributed by atoms with E-state index >= 15 is 0 Å². The van der Waals surface area contributed by atoms with Gasteiger partial charge in [-0.1, -0.05) is 0 Å². The average Bonchev–Trinajstić information content (AvgIpc) is 3.11. The molecule has 1 aliphatic rings. The molecule has 1 aromatic heterocycles. The number of hydrogen-bond acceptors (Lipinski definition) is 3. The Labute approximate surface area is 137 Å². The van der Waals surface area contributed by atoms with Crippen LogP contribution in [0.3, 0.4) is 0 Å². The van der Waals surface area contributed by atoms with Crippen molar-refractivity contribution in [3.63, 3.8) is 0 Å². The summed E-state index contributed by atoms with van der Waals surface area (Å²) in [6, 6.07) is 5.86. The summed E-state index contributed by atoms with van der Waals surface area (Å²) in [5.41, 5.74) is 2.04. The van der Waals surface area contributed by atoms with E-state index in [0.717, 1.165) is 4.44 Å². The molecule has 0 atom stereocenters. The molecule has 0 radical (unpaired) electrons. The molecule has 3 N–H and O–H groups in total. The molecule has 7 heteroatoms. The van der Waals surface area contributed by atoms with Crippen LogP contribution in [0.1, 0.15) is 20.4 Å². The van der Waals surface area contributed by atoms with Crippen LogP contribution >= 0.6 is 0 Å². The van der Waals surface area contributed by atoms with Crippen LogP contribution < -0.4 is 10.6 Å². The number of benzene rings is 1. The quantitative estimate of drug-likeness (QED) is 0.550. The van der Waals surface area contributed by atoms with Crippen LogP contribution in [-0.4, -0.2) is 44.6 Å². The van der Waals surface area contributed by atoms with E-state index in [2.05, 4.69) is 10.6 Å². The number of anilines is 1. The van der Waals surface area contributed by atoms with Crippen molar-refractivity contribution in [3.05, 3.63) is 50.6 Å². The molecule has 23 heavy (non-hydrogen) atoms. The monoisotopic (exact) mass is 380 g/mol. The number of nitrogens with one attached hydrogen (secondary N) is 2. The zero-order chi connectivity index (χ0) is 16.4. The number of carbonyl (C=O) groups is 2. The molecule has 0 saturated carbocycles. The molecule has 0 fully saturated rings. The second-order valence-corrected chi connectivity index (χ2v) is 6.90. The number of aliphatic hydroxyl groups excluding tert-OH is 1. The van der Waals surface area contributed by atoms with Crippen molar-refractivity contribution in [3.8, 4) is 0 Å². The molecule has 0 saturated heterocycles. The average molecular weight is 379 g/mol. The summed E-state index contributed by atoms with van der Waals surface area (Å²) in [7, 11) is 0. The molecule has 2 aromatic rings. The van der Waals surface area contributed by atoms with Crippen molar-refractivity contribution in [1.29, 1.82) is 0 Å². The van der Waals surface area contributed by atoms with Gasteiger partial charge in [0.15, 0.2) is 0 Å². The number of carbonyl (C=O) groups excluding carboxylic acids is 2. The molecule has 3 rings (SSSR count). The molecule has 5 nitrogen and oxygen atoms in total. The van der Waals surface area contributed by atoms with Gasteiger partial charge in [0.1, 0.15) is 0 Å². The first-order chi connectivity index (χ1) is 11.1. The molecule has 118 valence electrons. The summed E-state index contributed by atoms with van der Waals surface area (Å²) in [4.78, 5) is 25.7. The molecule has 2 heterocycles. The Kier molecular flexibility index (Phi) is 4.43. The maximum atomic E-state index is 13.4. The van der Waals surface area contributed by atoms with E-state index in [0.29, 0.717) is 22.4 Å². The summed E-state index contributed by atoms with van der Waals surface area (Å²) in [6.45, 7) is 0.0792. The minimum absolute atomic E-state index is 0.0742. The van der Waals surface area contributed by atoms with Gasteiger partial charge in [-0.15, -0.1) is 0 Å². The molecule has 0 bridgehead atoms. The predicted molar refractivity (Wildman–Crippen MR) is 85.7 cm³/mol. The van der Waals surface area contributed by atoms with Crippen molar-refractivity contribution < 1.29 is 19.1 Å². The number of fused-ring (bicyclic) bond motifs is 1. The van der Waals surface area contributed by atoms with Gasteiger partial charge < -0.3 is 0 Å². The van der Waals surface area contributed by atoms with E-state index in [1.54, 1.807) is 12.1 Å². The number of aliphatic hydroxyl groups is 1. The molecular weight excluding hydrogens is 366 g/mol. The fourth-order valence-corrected chi connectivity index (χ4v) is 3.98.